The van der Waals surface area contributed by atoms with Crippen molar-refractivity contribution in [3.63, 3.8) is 0 Å². The second kappa shape index (κ2) is 7.03. The van der Waals surface area contributed by atoms with Crippen LogP contribution in [0.5, 0.6) is 5.75 Å². The molecule has 25 heavy (non-hydrogen) atoms. The molecular formula is C21H19FN2O. The minimum atomic E-state index is -0.245. The number of benzene rings is 2. The van der Waals surface area contributed by atoms with E-state index in [1.54, 1.807) is 18.3 Å². The fourth-order valence-electron chi connectivity index (χ4n) is 3.28. The molecule has 0 spiro atoms. The summed E-state index contributed by atoms with van der Waals surface area (Å²) in [6, 6.07) is 20.7. The molecule has 2 unspecified atom stereocenters. The summed E-state index contributed by atoms with van der Waals surface area (Å²) in [5, 5.41) is 3.66. The van der Waals surface area contributed by atoms with Gasteiger partial charge in [0.1, 0.15) is 11.6 Å². The second-order valence-corrected chi connectivity index (χ2v) is 6.14. The lowest BCUT2D eigenvalue weighted by atomic mass is 9.96. The Hall–Kier alpha value is -2.72. The first kappa shape index (κ1) is 15.8. The predicted octanol–water partition coefficient (Wildman–Crippen LogP) is 4.42. The summed E-state index contributed by atoms with van der Waals surface area (Å²) in [7, 11) is 0. The minimum Gasteiger partial charge on any atom is -0.493 e. The maximum absolute atomic E-state index is 13.8. The molecule has 0 aliphatic carbocycles. The maximum atomic E-state index is 13.8. The molecule has 0 amide bonds. The van der Waals surface area contributed by atoms with Crippen molar-refractivity contribution in [3.05, 3.63) is 95.6 Å². The SMILES string of the molecule is Fc1ccc2c(c1)C(NC(c1ccccc1)c1ccccn1)CCO2. The van der Waals surface area contributed by atoms with Crippen LogP contribution in [-0.2, 0) is 0 Å². The zero-order chi connectivity index (χ0) is 17.1. The van der Waals surface area contributed by atoms with Crippen LogP contribution < -0.4 is 10.1 Å². The number of nitrogens with one attached hydrogen (secondary N) is 1. The number of pyridine rings is 1. The third-order valence-corrected chi connectivity index (χ3v) is 4.50. The summed E-state index contributed by atoms with van der Waals surface area (Å²) in [6.07, 6.45) is 2.58. The van der Waals surface area contributed by atoms with Crippen LogP contribution >= 0.6 is 0 Å². The van der Waals surface area contributed by atoms with E-state index in [1.165, 1.54) is 6.07 Å². The number of halogens is 1. The predicted molar refractivity (Wildman–Crippen MR) is 94.9 cm³/mol. The maximum Gasteiger partial charge on any atom is 0.124 e. The smallest absolute Gasteiger partial charge is 0.124 e. The highest BCUT2D eigenvalue weighted by molar-refractivity contribution is 5.39. The van der Waals surface area contributed by atoms with Crippen LogP contribution in [0.15, 0.2) is 72.9 Å². The van der Waals surface area contributed by atoms with Gasteiger partial charge in [-0.15, -0.1) is 0 Å². The average molecular weight is 334 g/mol. The Morgan fingerprint density at radius 3 is 2.68 bits per heavy atom. The van der Waals surface area contributed by atoms with Gasteiger partial charge in [-0.05, 0) is 35.9 Å². The number of hydrogen-bond donors (Lipinski definition) is 1. The highest BCUT2D eigenvalue weighted by atomic mass is 19.1. The normalized spacial score (nSPS) is 17.4. The van der Waals surface area contributed by atoms with E-state index in [4.69, 9.17) is 4.74 Å². The van der Waals surface area contributed by atoms with E-state index in [2.05, 4.69) is 22.4 Å². The molecule has 3 nitrogen and oxygen atoms in total. The van der Waals surface area contributed by atoms with Crippen molar-refractivity contribution < 1.29 is 9.13 Å². The highest BCUT2D eigenvalue weighted by Crippen LogP contribution is 2.35. The fourth-order valence-corrected chi connectivity index (χ4v) is 3.28. The van der Waals surface area contributed by atoms with Crippen molar-refractivity contribution >= 4 is 0 Å². The average Bonchev–Trinajstić information content (AvgIpc) is 2.67. The van der Waals surface area contributed by atoms with Crippen LogP contribution in [0.4, 0.5) is 4.39 Å². The number of rotatable bonds is 4. The quantitative estimate of drug-likeness (QED) is 0.767. The van der Waals surface area contributed by atoms with Gasteiger partial charge in [-0.1, -0.05) is 36.4 Å². The molecule has 1 aromatic heterocycles. The van der Waals surface area contributed by atoms with Gasteiger partial charge in [0.05, 0.1) is 18.3 Å². The fraction of sp³-hybridized carbons (Fsp3) is 0.190. The van der Waals surface area contributed by atoms with Crippen LogP contribution in [0.3, 0.4) is 0 Å². The molecule has 0 saturated heterocycles. The lowest BCUT2D eigenvalue weighted by molar-refractivity contribution is 0.246. The minimum absolute atomic E-state index is 0.00617. The summed E-state index contributed by atoms with van der Waals surface area (Å²) < 4.78 is 19.4. The Bertz CT molecular complexity index is 800. The van der Waals surface area contributed by atoms with E-state index in [9.17, 15) is 4.39 Å². The van der Waals surface area contributed by atoms with Crippen molar-refractivity contribution in [2.75, 3.05) is 6.61 Å². The Morgan fingerprint density at radius 1 is 1.04 bits per heavy atom. The number of nitrogens with zero attached hydrogens (tertiary/aromatic N) is 1. The topological polar surface area (TPSA) is 34.2 Å². The van der Waals surface area contributed by atoms with Gasteiger partial charge in [0.15, 0.2) is 0 Å². The third-order valence-electron chi connectivity index (χ3n) is 4.50. The molecule has 1 aliphatic heterocycles. The van der Waals surface area contributed by atoms with Gasteiger partial charge in [0.25, 0.3) is 0 Å². The molecule has 126 valence electrons. The molecule has 1 aliphatic rings. The van der Waals surface area contributed by atoms with Gasteiger partial charge in [-0.25, -0.2) is 4.39 Å². The monoisotopic (exact) mass is 334 g/mol. The molecule has 2 heterocycles. The molecule has 4 heteroatoms. The van der Waals surface area contributed by atoms with Crippen LogP contribution in [0, 0.1) is 5.82 Å². The Morgan fingerprint density at radius 2 is 1.88 bits per heavy atom. The Kier molecular flexibility index (Phi) is 4.44. The van der Waals surface area contributed by atoms with E-state index in [1.807, 2.05) is 36.4 Å². The third kappa shape index (κ3) is 3.39. The summed E-state index contributed by atoms with van der Waals surface area (Å²) in [6.45, 7) is 0.611. The van der Waals surface area contributed by atoms with Gasteiger partial charge in [0, 0.05) is 24.2 Å². The Balaban J connectivity index is 1.70. The molecular weight excluding hydrogens is 315 g/mol. The molecule has 4 rings (SSSR count). The first-order valence-corrected chi connectivity index (χ1v) is 8.45. The van der Waals surface area contributed by atoms with E-state index >= 15 is 0 Å². The van der Waals surface area contributed by atoms with Crippen molar-refractivity contribution in [3.8, 4) is 5.75 Å². The van der Waals surface area contributed by atoms with Gasteiger partial charge in [-0.2, -0.15) is 0 Å². The second-order valence-electron chi connectivity index (χ2n) is 6.14. The molecule has 2 atom stereocenters. The van der Waals surface area contributed by atoms with Crippen LogP contribution in [0.1, 0.15) is 35.3 Å². The number of aromatic nitrogens is 1. The standard InChI is InChI=1S/C21H19FN2O/c22-16-9-10-20-17(14-16)18(11-13-25-20)24-21(15-6-2-1-3-7-15)19-8-4-5-12-23-19/h1-10,12,14,18,21,24H,11,13H2. The molecule has 0 radical (unpaired) electrons. The van der Waals surface area contributed by atoms with Gasteiger partial charge < -0.3 is 4.74 Å². The van der Waals surface area contributed by atoms with Crippen LogP contribution in [0.2, 0.25) is 0 Å². The summed E-state index contributed by atoms with van der Waals surface area (Å²) in [5.41, 5.74) is 2.94. The van der Waals surface area contributed by atoms with Crippen molar-refractivity contribution in [1.82, 2.24) is 10.3 Å². The largest absolute Gasteiger partial charge is 0.493 e. The lowest BCUT2D eigenvalue weighted by Crippen LogP contribution is -2.31. The molecule has 3 aromatic rings. The number of ether oxygens (including phenoxy) is 1. The van der Waals surface area contributed by atoms with E-state index in [-0.39, 0.29) is 17.9 Å². The van der Waals surface area contributed by atoms with Crippen molar-refractivity contribution in [1.29, 1.82) is 0 Å². The molecule has 0 bridgehead atoms. The lowest BCUT2D eigenvalue weighted by Gasteiger charge is -2.30. The first-order chi connectivity index (χ1) is 12.3. The Labute approximate surface area is 146 Å². The van der Waals surface area contributed by atoms with Crippen LogP contribution in [0.25, 0.3) is 0 Å². The zero-order valence-corrected chi connectivity index (χ0v) is 13.7. The van der Waals surface area contributed by atoms with Gasteiger partial charge in [-0.3, -0.25) is 10.3 Å². The molecule has 2 aromatic carbocycles. The summed E-state index contributed by atoms with van der Waals surface area (Å²) in [4.78, 5) is 4.53. The van der Waals surface area contributed by atoms with E-state index < -0.39 is 0 Å². The van der Waals surface area contributed by atoms with Crippen molar-refractivity contribution in [2.45, 2.75) is 18.5 Å². The van der Waals surface area contributed by atoms with E-state index in [0.717, 1.165) is 29.0 Å². The molecule has 0 fully saturated rings. The highest BCUT2D eigenvalue weighted by Gasteiger charge is 2.26. The number of hydrogen-bond acceptors (Lipinski definition) is 3. The van der Waals surface area contributed by atoms with Gasteiger partial charge >= 0.3 is 0 Å². The van der Waals surface area contributed by atoms with Crippen molar-refractivity contribution in [2.24, 2.45) is 0 Å². The summed E-state index contributed by atoms with van der Waals surface area (Å²) in [5.74, 6) is 0.503. The van der Waals surface area contributed by atoms with Crippen LogP contribution in [-0.4, -0.2) is 11.6 Å². The molecule has 0 saturated carbocycles. The molecule has 1 N–H and O–H groups in total. The van der Waals surface area contributed by atoms with E-state index in [0.29, 0.717) is 6.61 Å². The zero-order valence-electron chi connectivity index (χ0n) is 13.7. The number of fused-ring (bicyclic) bond motifs is 1. The first-order valence-electron chi connectivity index (χ1n) is 8.45. The summed E-state index contributed by atoms with van der Waals surface area (Å²) >= 11 is 0. The van der Waals surface area contributed by atoms with Gasteiger partial charge in [0.2, 0.25) is 0 Å².